The standard InChI is InChI=1S/C7H12N2OS/c1-5(2)11-4-7-8-6(3)10-9-7/h5H,4H2,1-3H3. The lowest BCUT2D eigenvalue weighted by atomic mass is 10.6. The molecule has 3 nitrogen and oxygen atoms in total. The van der Waals surface area contributed by atoms with E-state index in [-0.39, 0.29) is 0 Å². The third-order valence-corrected chi connectivity index (χ3v) is 2.21. The SMILES string of the molecule is Cc1nc(CSC(C)C)no1. The van der Waals surface area contributed by atoms with Crippen LogP contribution in [0.5, 0.6) is 0 Å². The second-order valence-electron chi connectivity index (χ2n) is 2.59. The molecule has 1 heterocycles. The van der Waals surface area contributed by atoms with E-state index in [0.717, 1.165) is 11.6 Å². The predicted octanol–water partition coefficient (Wildman–Crippen LogP) is 2.02. The lowest BCUT2D eigenvalue weighted by Gasteiger charge is -1.98. The Labute approximate surface area is 70.6 Å². The molecule has 4 heteroatoms. The van der Waals surface area contributed by atoms with Gasteiger partial charge in [0.1, 0.15) is 0 Å². The first-order valence-corrected chi connectivity index (χ1v) is 4.64. The van der Waals surface area contributed by atoms with Gasteiger partial charge >= 0.3 is 0 Å². The van der Waals surface area contributed by atoms with Gasteiger partial charge in [0.15, 0.2) is 5.82 Å². The zero-order valence-corrected chi connectivity index (χ0v) is 7.81. The van der Waals surface area contributed by atoms with Gasteiger partial charge in [-0.25, -0.2) is 0 Å². The Morgan fingerprint density at radius 1 is 1.55 bits per heavy atom. The van der Waals surface area contributed by atoms with Crippen LogP contribution in [0.3, 0.4) is 0 Å². The lowest BCUT2D eigenvalue weighted by Crippen LogP contribution is -1.90. The monoisotopic (exact) mass is 172 g/mol. The number of aromatic nitrogens is 2. The van der Waals surface area contributed by atoms with E-state index in [9.17, 15) is 0 Å². The van der Waals surface area contributed by atoms with Crippen LogP contribution < -0.4 is 0 Å². The molecule has 0 atom stereocenters. The van der Waals surface area contributed by atoms with Crippen LogP contribution in [-0.4, -0.2) is 15.4 Å². The summed E-state index contributed by atoms with van der Waals surface area (Å²) in [5.41, 5.74) is 0. The molecule has 0 amide bonds. The topological polar surface area (TPSA) is 38.9 Å². The summed E-state index contributed by atoms with van der Waals surface area (Å²) < 4.78 is 4.82. The summed E-state index contributed by atoms with van der Waals surface area (Å²) in [7, 11) is 0. The number of thioether (sulfide) groups is 1. The molecule has 0 saturated heterocycles. The van der Waals surface area contributed by atoms with Crippen molar-refractivity contribution in [3.8, 4) is 0 Å². The fourth-order valence-electron chi connectivity index (χ4n) is 0.641. The van der Waals surface area contributed by atoms with Crippen molar-refractivity contribution in [1.29, 1.82) is 0 Å². The van der Waals surface area contributed by atoms with Gasteiger partial charge in [-0.2, -0.15) is 16.7 Å². The van der Waals surface area contributed by atoms with E-state index in [1.165, 1.54) is 0 Å². The fourth-order valence-corrected chi connectivity index (χ4v) is 1.24. The number of nitrogens with zero attached hydrogens (tertiary/aromatic N) is 2. The highest BCUT2D eigenvalue weighted by Crippen LogP contribution is 2.14. The van der Waals surface area contributed by atoms with Gasteiger partial charge < -0.3 is 4.52 Å². The molecule has 1 rings (SSSR count). The van der Waals surface area contributed by atoms with Crippen LogP contribution in [0, 0.1) is 6.92 Å². The van der Waals surface area contributed by atoms with Crippen molar-refractivity contribution in [1.82, 2.24) is 10.1 Å². The Bertz CT molecular complexity index is 222. The van der Waals surface area contributed by atoms with Crippen LogP contribution in [-0.2, 0) is 5.75 Å². The second kappa shape index (κ2) is 3.76. The minimum absolute atomic E-state index is 0.619. The van der Waals surface area contributed by atoms with Crippen LogP contribution in [0.2, 0.25) is 0 Å². The molecule has 0 aliphatic heterocycles. The summed E-state index contributed by atoms with van der Waals surface area (Å²) in [6.07, 6.45) is 0. The van der Waals surface area contributed by atoms with Gasteiger partial charge in [0.05, 0.1) is 5.75 Å². The normalized spacial score (nSPS) is 10.9. The van der Waals surface area contributed by atoms with Gasteiger partial charge in [0.2, 0.25) is 5.89 Å². The van der Waals surface area contributed by atoms with Crippen molar-refractivity contribution >= 4 is 11.8 Å². The summed E-state index contributed by atoms with van der Waals surface area (Å²) in [5.74, 6) is 2.28. The molecule has 0 aliphatic carbocycles. The maximum atomic E-state index is 4.82. The van der Waals surface area contributed by atoms with Gasteiger partial charge in [0.25, 0.3) is 0 Å². The van der Waals surface area contributed by atoms with Gasteiger partial charge in [-0.3, -0.25) is 0 Å². The number of aryl methyl sites for hydroxylation is 1. The first-order chi connectivity index (χ1) is 5.18. The van der Waals surface area contributed by atoms with Gasteiger partial charge in [-0.05, 0) is 5.25 Å². The maximum Gasteiger partial charge on any atom is 0.223 e. The number of hydrogen-bond acceptors (Lipinski definition) is 4. The summed E-state index contributed by atoms with van der Waals surface area (Å²) in [4.78, 5) is 4.08. The molecule has 0 aromatic carbocycles. The van der Waals surface area contributed by atoms with Crippen LogP contribution in [0.15, 0.2) is 4.52 Å². The van der Waals surface area contributed by atoms with Crippen LogP contribution in [0.1, 0.15) is 25.6 Å². The lowest BCUT2D eigenvalue weighted by molar-refractivity contribution is 0.389. The van der Waals surface area contributed by atoms with E-state index in [1.807, 2.05) is 11.8 Å². The largest absolute Gasteiger partial charge is 0.340 e. The van der Waals surface area contributed by atoms with Crippen molar-refractivity contribution in [2.24, 2.45) is 0 Å². The van der Waals surface area contributed by atoms with E-state index in [1.54, 1.807) is 6.92 Å². The minimum atomic E-state index is 0.619. The third kappa shape index (κ3) is 2.93. The van der Waals surface area contributed by atoms with Crippen LogP contribution in [0.25, 0.3) is 0 Å². The van der Waals surface area contributed by atoms with Crippen LogP contribution in [0.4, 0.5) is 0 Å². The van der Waals surface area contributed by atoms with Gasteiger partial charge in [-0.15, -0.1) is 0 Å². The molecule has 0 bridgehead atoms. The van der Waals surface area contributed by atoms with Crippen molar-refractivity contribution in [3.05, 3.63) is 11.7 Å². The Morgan fingerprint density at radius 2 is 2.27 bits per heavy atom. The minimum Gasteiger partial charge on any atom is -0.340 e. The van der Waals surface area contributed by atoms with E-state index < -0.39 is 0 Å². The molecule has 11 heavy (non-hydrogen) atoms. The van der Waals surface area contributed by atoms with Crippen molar-refractivity contribution in [3.63, 3.8) is 0 Å². The molecule has 0 N–H and O–H groups in total. The molecular weight excluding hydrogens is 160 g/mol. The van der Waals surface area contributed by atoms with Gasteiger partial charge in [-0.1, -0.05) is 19.0 Å². The predicted molar refractivity (Wildman–Crippen MR) is 45.5 cm³/mol. The quantitative estimate of drug-likeness (QED) is 0.699. The Morgan fingerprint density at radius 3 is 2.73 bits per heavy atom. The molecule has 1 aromatic heterocycles. The fraction of sp³-hybridized carbons (Fsp3) is 0.714. The maximum absolute atomic E-state index is 4.82. The highest BCUT2D eigenvalue weighted by atomic mass is 32.2. The van der Waals surface area contributed by atoms with Crippen molar-refractivity contribution in [2.45, 2.75) is 31.8 Å². The average molecular weight is 172 g/mol. The zero-order chi connectivity index (χ0) is 8.27. The first-order valence-electron chi connectivity index (χ1n) is 3.59. The van der Waals surface area contributed by atoms with Crippen molar-refractivity contribution < 1.29 is 4.52 Å². The molecule has 0 unspecified atom stereocenters. The van der Waals surface area contributed by atoms with E-state index in [2.05, 4.69) is 24.0 Å². The Kier molecular flexibility index (Phi) is 2.93. The highest BCUT2D eigenvalue weighted by Gasteiger charge is 2.02. The average Bonchev–Trinajstić information content (AvgIpc) is 2.31. The molecule has 1 aromatic rings. The zero-order valence-electron chi connectivity index (χ0n) is 7.00. The smallest absolute Gasteiger partial charge is 0.223 e. The van der Waals surface area contributed by atoms with E-state index >= 15 is 0 Å². The molecule has 0 radical (unpaired) electrons. The highest BCUT2D eigenvalue weighted by molar-refractivity contribution is 7.99. The Balaban J connectivity index is 2.39. The van der Waals surface area contributed by atoms with Crippen molar-refractivity contribution in [2.75, 3.05) is 0 Å². The van der Waals surface area contributed by atoms with Gasteiger partial charge in [0, 0.05) is 6.92 Å². The molecule has 62 valence electrons. The summed E-state index contributed by atoms with van der Waals surface area (Å²) in [6.45, 7) is 6.10. The van der Waals surface area contributed by atoms with E-state index in [0.29, 0.717) is 11.1 Å². The molecule has 0 spiro atoms. The number of rotatable bonds is 3. The molecular formula is C7H12N2OS. The first kappa shape index (κ1) is 8.59. The number of hydrogen-bond donors (Lipinski definition) is 0. The Hall–Kier alpha value is -0.510. The van der Waals surface area contributed by atoms with Crippen LogP contribution >= 0.6 is 11.8 Å². The molecule has 0 aliphatic rings. The van der Waals surface area contributed by atoms with E-state index in [4.69, 9.17) is 4.52 Å². The molecule has 0 saturated carbocycles. The second-order valence-corrected chi connectivity index (χ2v) is 4.15. The third-order valence-electron chi connectivity index (χ3n) is 1.12. The summed E-state index contributed by atoms with van der Waals surface area (Å²) in [6, 6.07) is 0. The molecule has 0 fully saturated rings. The summed E-state index contributed by atoms with van der Waals surface area (Å²) >= 11 is 1.81. The summed E-state index contributed by atoms with van der Waals surface area (Å²) in [5, 5.41) is 4.40.